The standard InChI is InChI=1S/C24H22F6O6/c25-23(26,27)11-1-13-34-19-9-6-17(15-20(19)35-14-2-12-24(28,29)30)22(33)36-18-7-3-16(4-8-18)5-10-21(31)32/h3-10,15H,1-2,11-14H2,(H,31,32)/b10-5+. The Morgan fingerprint density at radius 1 is 0.806 bits per heavy atom. The number of ether oxygens (including phenoxy) is 3. The molecule has 0 saturated carbocycles. The van der Waals surface area contributed by atoms with E-state index < -0.39 is 37.1 Å². The van der Waals surface area contributed by atoms with Crippen LogP contribution in [0.2, 0.25) is 0 Å². The van der Waals surface area contributed by atoms with Crippen molar-refractivity contribution in [1.29, 1.82) is 0 Å². The SMILES string of the molecule is O=C(O)/C=C/c1ccc(OC(=O)c2ccc(OCCCC(F)(F)F)c(OCCCC(F)(F)F)c2)cc1. The highest BCUT2D eigenvalue weighted by Crippen LogP contribution is 2.31. The molecule has 196 valence electrons. The van der Waals surface area contributed by atoms with Crippen molar-refractivity contribution in [3.8, 4) is 17.2 Å². The summed E-state index contributed by atoms with van der Waals surface area (Å²) in [5, 5.41) is 8.64. The summed E-state index contributed by atoms with van der Waals surface area (Å²) in [4.78, 5) is 23.1. The lowest BCUT2D eigenvalue weighted by atomic mass is 10.2. The molecule has 0 aliphatic carbocycles. The summed E-state index contributed by atoms with van der Waals surface area (Å²) >= 11 is 0. The second kappa shape index (κ2) is 12.8. The summed E-state index contributed by atoms with van der Waals surface area (Å²) in [6.07, 6.45) is -9.39. The van der Waals surface area contributed by atoms with Gasteiger partial charge in [0.15, 0.2) is 11.5 Å². The monoisotopic (exact) mass is 520 g/mol. The molecule has 12 heteroatoms. The van der Waals surface area contributed by atoms with Crippen molar-refractivity contribution in [2.24, 2.45) is 0 Å². The van der Waals surface area contributed by atoms with Crippen molar-refractivity contribution in [3.05, 3.63) is 59.7 Å². The van der Waals surface area contributed by atoms with E-state index in [-0.39, 0.29) is 48.9 Å². The van der Waals surface area contributed by atoms with E-state index in [0.29, 0.717) is 5.56 Å². The normalized spacial score (nSPS) is 11.9. The molecule has 0 aliphatic rings. The lowest BCUT2D eigenvalue weighted by Crippen LogP contribution is -2.12. The van der Waals surface area contributed by atoms with Crippen molar-refractivity contribution >= 4 is 18.0 Å². The Hall–Kier alpha value is -3.70. The summed E-state index contributed by atoms with van der Waals surface area (Å²) in [7, 11) is 0. The third-order valence-corrected chi connectivity index (χ3v) is 4.41. The molecule has 0 spiro atoms. The van der Waals surface area contributed by atoms with Crippen LogP contribution in [-0.4, -0.2) is 42.6 Å². The fourth-order valence-corrected chi connectivity index (χ4v) is 2.76. The minimum absolute atomic E-state index is 0.0321. The predicted octanol–water partition coefficient (Wildman–Crippen LogP) is 6.45. The highest BCUT2D eigenvalue weighted by atomic mass is 19.4. The van der Waals surface area contributed by atoms with Crippen molar-refractivity contribution < 1.29 is 55.2 Å². The number of benzene rings is 2. The summed E-state index contributed by atoms with van der Waals surface area (Å²) < 4.78 is 90.0. The maximum absolute atomic E-state index is 12.5. The third-order valence-electron chi connectivity index (χ3n) is 4.41. The zero-order valence-electron chi connectivity index (χ0n) is 18.7. The first-order valence-electron chi connectivity index (χ1n) is 10.6. The van der Waals surface area contributed by atoms with Gasteiger partial charge in [-0.15, -0.1) is 0 Å². The predicted molar refractivity (Wildman–Crippen MR) is 116 cm³/mol. The average molecular weight is 520 g/mol. The molecular formula is C24H22F6O6. The number of carboxylic acid groups (broad SMARTS) is 1. The van der Waals surface area contributed by atoms with Gasteiger partial charge in [0.05, 0.1) is 18.8 Å². The summed E-state index contributed by atoms with van der Waals surface area (Å²) in [6, 6.07) is 9.55. The van der Waals surface area contributed by atoms with Crippen LogP contribution in [0, 0.1) is 0 Å². The fraction of sp³-hybridized carbons (Fsp3) is 0.333. The molecule has 0 radical (unpaired) electrons. The lowest BCUT2D eigenvalue weighted by Gasteiger charge is -2.15. The molecule has 2 rings (SSSR count). The second-order valence-electron chi connectivity index (χ2n) is 7.43. The Labute approximate surface area is 202 Å². The molecule has 0 unspecified atom stereocenters. The number of rotatable bonds is 12. The average Bonchev–Trinajstić information content (AvgIpc) is 2.78. The van der Waals surface area contributed by atoms with Crippen molar-refractivity contribution in [3.63, 3.8) is 0 Å². The Balaban J connectivity index is 2.09. The quantitative estimate of drug-likeness (QED) is 0.114. The van der Waals surface area contributed by atoms with Crippen LogP contribution >= 0.6 is 0 Å². The second-order valence-corrected chi connectivity index (χ2v) is 7.43. The number of hydrogen-bond acceptors (Lipinski definition) is 5. The molecule has 0 aliphatic heterocycles. The molecule has 0 heterocycles. The Bertz CT molecular complexity index is 1040. The van der Waals surface area contributed by atoms with Gasteiger partial charge in [-0.25, -0.2) is 9.59 Å². The van der Waals surface area contributed by atoms with E-state index in [4.69, 9.17) is 19.3 Å². The third kappa shape index (κ3) is 11.2. The first-order chi connectivity index (χ1) is 16.8. The van der Waals surface area contributed by atoms with E-state index in [9.17, 15) is 35.9 Å². The first kappa shape index (κ1) is 28.5. The number of halogens is 6. The van der Waals surface area contributed by atoms with Gasteiger partial charge in [0, 0.05) is 18.9 Å². The molecule has 0 amide bonds. The fourth-order valence-electron chi connectivity index (χ4n) is 2.76. The minimum Gasteiger partial charge on any atom is -0.490 e. The van der Waals surface area contributed by atoms with Gasteiger partial charge in [-0.2, -0.15) is 26.3 Å². The zero-order chi connectivity index (χ0) is 26.8. The molecule has 0 saturated heterocycles. The number of aliphatic carboxylic acids is 1. The van der Waals surface area contributed by atoms with E-state index in [1.807, 2.05) is 0 Å². The van der Waals surface area contributed by atoms with Gasteiger partial charge in [-0.05, 0) is 54.8 Å². The van der Waals surface area contributed by atoms with E-state index in [2.05, 4.69) is 0 Å². The molecule has 6 nitrogen and oxygen atoms in total. The molecule has 1 N–H and O–H groups in total. The van der Waals surface area contributed by atoms with Gasteiger partial charge in [-0.3, -0.25) is 0 Å². The summed E-state index contributed by atoms with van der Waals surface area (Å²) in [5.74, 6) is -1.99. The molecule has 0 fully saturated rings. The minimum atomic E-state index is -4.38. The van der Waals surface area contributed by atoms with Gasteiger partial charge < -0.3 is 19.3 Å². The summed E-state index contributed by atoms with van der Waals surface area (Å²) in [5.41, 5.74) is 0.497. The van der Waals surface area contributed by atoms with Crippen LogP contribution in [0.25, 0.3) is 6.08 Å². The Morgan fingerprint density at radius 3 is 1.89 bits per heavy atom. The number of hydrogen-bond donors (Lipinski definition) is 1. The largest absolute Gasteiger partial charge is 0.490 e. The molecule has 0 aromatic heterocycles. The number of carbonyl (C=O) groups excluding carboxylic acids is 1. The van der Waals surface area contributed by atoms with Crippen molar-refractivity contribution in [2.45, 2.75) is 38.0 Å². The molecule has 0 bridgehead atoms. The number of carboxylic acids is 1. The highest BCUT2D eigenvalue weighted by Gasteiger charge is 2.27. The molecule has 0 atom stereocenters. The molecule has 2 aromatic carbocycles. The molecule has 2 aromatic rings. The van der Waals surface area contributed by atoms with Crippen LogP contribution in [0.4, 0.5) is 26.3 Å². The number of esters is 1. The van der Waals surface area contributed by atoms with Crippen LogP contribution in [0.3, 0.4) is 0 Å². The van der Waals surface area contributed by atoms with Gasteiger partial charge in [0.1, 0.15) is 5.75 Å². The first-order valence-corrected chi connectivity index (χ1v) is 10.6. The van der Waals surface area contributed by atoms with E-state index >= 15 is 0 Å². The van der Waals surface area contributed by atoms with Crippen molar-refractivity contribution in [1.82, 2.24) is 0 Å². The lowest BCUT2D eigenvalue weighted by molar-refractivity contribution is -0.137. The molecular weight excluding hydrogens is 498 g/mol. The van der Waals surface area contributed by atoms with Crippen LogP contribution < -0.4 is 14.2 Å². The van der Waals surface area contributed by atoms with Gasteiger partial charge >= 0.3 is 24.3 Å². The maximum Gasteiger partial charge on any atom is 0.389 e. The van der Waals surface area contributed by atoms with Gasteiger partial charge in [0.2, 0.25) is 0 Å². The van der Waals surface area contributed by atoms with E-state index in [1.54, 1.807) is 0 Å². The van der Waals surface area contributed by atoms with Crippen LogP contribution in [0.5, 0.6) is 17.2 Å². The zero-order valence-corrected chi connectivity index (χ0v) is 18.7. The van der Waals surface area contributed by atoms with Gasteiger partial charge in [0.25, 0.3) is 0 Å². The number of alkyl halides is 6. The Kier molecular flexibility index (Phi) is 10.2. The topological polar surface area (TPSA) is 82.1 Å². The van der Waals surface area contributed by atoms with Crippen LogP contribution in [-0.2, 0) is 4.79 Å². The van der Waals surface area contributed by atoms with Crippen LogP contribution in [0.15, 0.2) is 48.5 Å². The maximum atomic E-state index is 12.5. The summed E-state index contributed by atoms with van der Waals surface area (Å²) in [6.45, 7) is -0.701. The van der Waals surface area contributed by atoms with E-state index in [1.165, 1.54) is 48.5 Å². The van der Waals surface area contributed by atoms with E-state index in [0.717, 1.165) is 6.08 Å². The highest BCUT2D eigenvalue weighted by molar-refractivity contribution is 5.92. The molecule has 36 heavy (non-hydrogen) atoms. The van der Waals surface area contributed by atoms with Crippen molar-refractivity contribution in [2.75, 3.05) is 13.2 Å². The smallest absolute Gasteiger partial charge is 0.389 e. The Morgan fingerprint density at radius 2 is 1.36 bits per heavy atom. The van der Waals surface area contributed by atoms with Gasteiger partial charge in [-0.1, -0.05) is 12.1 Å². The number of carbonyl (C=O) groups is 2. The van der Waals surface area contributed by atoms with Crippen LogP contribution in [0.1, 0.15) is 41.6 Å².